The maximum absolute atomic E-state index is 12.0. The van der Waals surface area contributed by atoms with Crippen molar-refractivity contribution in [1.82, 2.24) is 10.6 Å². The molecule has 24 heavy (non-hydrogen) atoms. The largest absolute Gasteiger partial charge is 0.462 e. The molecule has 2 amide bonds. The van der Waals surface area contributed by atoms with Crippen molar-refractivity contribution in [2.75, 3.05) is 25.0 Å². The summed E-state index contributed by atoms with van der Waals surface area (Å²) in [7, 11) is 0. The highest BCUT2D eigenvalue weighted by atomic mass is 16.5. The van der Waals surface area contributed by atoms with E-state index in [1.165, 1.54) is 0 Å². The molecule has 0 bridgehead atoms. The number of anilines is 1. The van der Waals surface area contributed by atoms with Crippen molar-refractivity contribution < 1.29 is 19.1 Å². The Balaban J connectivity index is 1.83. The summed E-state index contributed by atoms with van der Waals surface area (Å²) in [6.45, 7) is 3.66. The lowest BCUT2D eigenvalue weighted by molar-refractivity contribution is -0.127. The highest BCUT2D eigenvalue weighted by molar-refractivity contribution is 5.96. The molecule has 1 saturated heterocycles. The van der Waals surface area contributed by atoms with E-state index >= 15 is 0 Å². The van der Waals surface area contributed by atoms with E-state index in [1.807, 2.05) is 6.92 Å². The van der Waals surface area contributed by atoms with Crippen molar-refractivity contribution in [3.63, 3.8) is 0 Å². The van der Waals surface area contributed by atoms with Crippen LogP contribution in [0.1, 0.15) is 36.5 Å². The Morgan fingerprint density at radius 1 is 1.25 bits per heavy atom. The summed E-state index contributed by atoms with van der Waals surface area (Å²) >= 11 is 0. The standard InChI is InChI=1S/C17H23N3O4/c1-2-3-10-24-17(23)12-4-6-13(7-5-12)20-15(21)11-14-16(22)19-9-8-18-14/h4-7,14,18H,2-3,8-11H2,1H3,(H,19,22)(H,20,21)/t14-/m0/s1. The summed E-state index contributed by atoms with van der Waals surface area (Å²) in [6, 6.07) is 5.99. The van der Waals surface area contributed by atoms with Crippen LogP contribution in [0, 0.1) is 0 Å². The first-order valence-corrected chi connectivity index (χ1v) is 8.18. The van der Waals surface area contributed by atoms with E-state index in [2.05, 4.69) is 16.0 Å². The Bertz CT molecular complexity index is 586. The van der Waals surface area contributed by atoms with Crippen LogP contribution in [-0.2, 0) is 14.3 Å². The third-order valence-electron chi connectivity index (χ3n) is 3.66. The summed E-state index contributed by atoms with van der Waals surface area (Å²) in [6.07, 6.45) is 1.86. The van der Waals surface area contributed by atoms with Crippen LogP contribution in [-0.4, -0.2) is 43.5 Å². The van der Waals surface area contributed by atoms with Crippen molar-refractivity contribution in [2.45, 2.75) is 32.2 Å². The zero-order valence-electron chi connectivity index (χ0n) is 13.8. The van der Waals surface area contributed by atoms with Gasteiger partial charge in [-0.15, -0.1) is 0 Å². The molecule has 0 radical (unpaired) electrons. The lowest BCUT2D eigenvalue weighted by atomic mass is 10.1. The summed E-state index contributed by atoms with van der Waals surface area (Å²) in [5.41, 5.74) is 1.01. The van der Waals surface area contributed by atoms with Crippen LogP contribution < -0.4 is 16.0 Å². The van der Waals surface area contributed by atoms with Crippen molar-refractivity contribution in [3.8, 4) is 0 Å². The number of unbranched alkanes of at least 4 members (excludes halogenated alkanes) is 1. The van der Waals surface area contributed by atoms with Crippen LogP contribution in [0.25, 0.3) is 0 Å². The predicted octanol–water partition coefficient (Wildman–Crippen LogP) is 1.06. The smallest absolute Gasteiger partial charge is 0.338 e. The molecule has 1 aliphatic rings. The number of esters is 1. The van der Waals surface area contributed by atoms with E-state index in [1.54, 1.807) is 24.3 Å². The number of amides is 2. The number of hydrogen-bond acceptors (Lipinski definition) is 5. The van der Waals surface area contributed by atoms with Gasteiger partial charge in [-0.25, -0.2) is 4.79 Å². The molecule has 7 nitrogen and oxygen atoms in total. The average molecular weight is 333 g/mol. The summed E-state index contributed by atoms with van der Waals surface area (Å²) in [5, 5.41) is 8.43. The quantitative estimate of drug-likeness (QED) is 0.512. The first-order chi connectivity index (χ1) is 11.6. The number of ether oxygens (including phenoxy) is 1. The number of piperazine rings is 1. The molecule has 1 atom stereocenters. The van der Waals surface area contributed by atoms with Gasteiger partial charge in [-0.3, -0.25) is 9.59 Å². The molecular weight excluding hydrogens is 310 g/mol. The van der Waals surface area contributed by atoms with E-state index in [-0.39, 0.29) is 24.2 Å². The van der Waals surface area contributed by atoms with E-state index in [0.717, 1.165) is 12.8 Å². The monoisotopic (exact) mass is 333 g/mol. The molecule has 1 fully saturated rings. The minimum absolute atomic E-state index is 0.0621. The summed E-state index contributed by atoms with van der Waals surface area (Å²) < 4.78 is 5.12. The number of carbonyl (C=O) groups excluding carboxylic acids is 3. The lowest BCUT2D eigenvalue weighted by Gasteiger charge is -2.22. The highest BCUT2D eigenvalue weighted by Crippen LogP contribution is 2.12. The zero-order chi connectivity index (χ0) is 17.4. The number of nitrogens with one attached hydrogen (secondary N) is 3. The van der Waals surface area contributed by atoms with Crippen LogP contribution in [0.15, 0.2) is 24.3 Å². The SMILES string of the molecule is CCCCOC(=O)c1ccc(NC(=O)C[C@@H]2NCCNC2=O)cc1. The van der Waals surface area contributed by atoms with Gasteiger partial charge in [0, 0.05) is 18.8 Å². The molecule has 2 rings (SSSR count). The lowest BCUT2D eigenvalue weighted by Crippen LogP contribution is -2.53. The zero-order valence-corrected chi connectivity index (χ0v) is 13.8. The normalized spacial score (nSPS) is 17.0. The van der Waals surface area contributed by atoms with Crippen LogP contribution in [0.2, 0.25) is 0 Å². The van der Waals surface area contributed by atoms with Gasteiger partial charge >= 0.3 is 5.97 Å². The van der Waals surface area contributed by atoms with Crippen LogP contribution in [0.4, 0.5) is 5.69 Å². The van der Waals surface area contributed by atoms with E-state index < -0.39 is 6.04 Å². The van der Waals surface area contributed by atoms with Crippen molar-refractivity contribution in [1.29, 1.82) is 0 Å². The Morgan fingerprint density at radius 2 is 2.00 bits per heavy atom. The Hall–Kier alpha value is -2.41. The minimum atomic E-state index is -0.508. The number of hydrogen-bond donors (Lipinski definition) is 3. The van der Waals surface area contributed by atoms with Crippen LogP contribution in [0.5, 0.6) is 0 Å². The average Bonchev–Trinajstić information content (AvgIpc) is 2.58. The number of carbonyl (C=O) groups is 3. The maximum atomic E-state index is 12.0. The topological polar surface area (TPSA) is 96.5 Å². The van der Waals surface area contributed by atoms with E-state index in [9.17, 15) is 14.4 Å². The molecule has 0 aromatic heterocycles. The van der Waals surface area contributed by atoms with Gasteiger partial charge < -0.3 is 20.7 Å². The number of benzene rings is 1. The molecule has 0 unspecified atom stereocenters. The van der Waals surface area contributed by atoms with Gasteiger partial charge in [0.2, 0.25) is 11.8 Å². The Labute approximate surface area is 141 Å². The second-order valence-corrected chi connectivity index (χ2v) is 5.62. The molecule has 0 spiro atoms. The van der Waals surface area contributed by atoms with Crippen LogP contribution in [0.3, 0.4) is 0 Å². The summed E-state index contributed by atoms with van der Waals surface area (Å²) in [5.74, 6) is -0.797. The third kappa shape index (κ3) is 5.34. The Kier molecular flexibility index (Phi) is 6.74. The number of rotatable bonds is 7. The van der Waals surface area contributed by atoms with Crippen molar-refractivity contribution in [3.05, 3.63) is 29.8 Å². The third-order valence-corrected chi connectivity index (χ3v) is 3.66. The first-order valence-electron chi connectivity index (χ1n) is 8.18. The molecule has 1 aromatic rings. The minimum Gasteiger partial charge on any atom is -0.462 e. The van der Waals surface area contributed by atoms with Gasteiger partial charge in [0.25, 0.3) is 0 Å². The van der Waals surface area contributed by atoms with Gasteiger partial charge in [0.05, 0.1) is 24.6 Å². The molecule has 7 heteroatoms. The molecule has 3 N–H and O–H groups in total. The molecule has 0 saturated carbocycles. The highest BCUT2D eigenvalue weighted by Gasteiger charge is 2.24. The van der Waals surface area contributed by atoms with Gasteiger partial charge in [-0.05, 0) is 30.7 Å². The Morgan fingerprint density at radius 3 is 2.67 bits per heavy atom. The fourth-order valence-electron chi connectivity index (χ4n) is 2.29. The molecular formula is C17H23N3O4. The fraction of sp³-hybridized carbons (Fsp3) is 0.471. The van der Waals surface area contributed by atoms with E-state index in [0.29, 0.717) is 30.9 Å². The van der Waals surface area contributed by atoms with E-state index in [4.69, 9.17) is 4.74 Å². The van der Waals surface area contributed by atoms with Gasteiger partial charge in [-0.1, -0.05) is 13.3 Å². The van der Waals surface area contributed by atoms with Crippen LogP contribution >= 0.6 is 0 Å². The molecule has 0 aliphatic carbocycles. The van der Waals surface area contributed by atoms with Crippen molar-refractivity contribution >= 4 is 23.5 Å². The predicted molar refractivity (Wildman–Crippen MR) is 89.7 cm³/mol. The molecule has 1 aliphatic heterocycles. The van der Waals surface area contributed by atoms with Gasteiger partial charge in [-0.2, -0.15) is 0 Å². The fourth-order valence-corrected chi connectivity index (χ4v) is 2.29. The second-order valence-electron chi connectivity index (χ2n) is 5.62. The maximum Gasteiger partial charge on any atom is 0.338 e. The van der Waals surface area contributed by atoms with Gasteiger partial charge in [0.15, 0.2) is 0 Å². The second kappa shape index (κ2) is 9.02. The van der Waals surface area contributed by atoms with Gasteiger partial charge in [0.1, 0.15) is 0 Å². The molecule has 1 heterocycles. The van der Waals surface area contributed by atoms with Crippen molar-refractivity contribution in [2.24, 2.45) is 0 Å². The molecule has 1 aromatic carbocycles. The molecule has 130 valence electrons. The first kappa shape index (κ1) is 17.9. The summed E-state index contributed by atoms with van der Waals surface area (Å²) in [4.78, 5) is 35.4.